The molecule has 4 heterocycles. The van der Waals surface area contributed by atoms with E-state index in [9.17, 15) is 0 Å². The van der Waals surface area contributed by atoms with E-state index in [1.807, 2.05) is 0 Å². The Labute approximate surface area is 461 Å². The van der Waals surface area contributed by atoms with Crippen molar-refractivity contribution in [3.63, 3.8) is 0 Å². The van der Waals surface area contributed by atoms with Gasteiger partial charge in [0.05, 0.1) is 33.1 Å². The molecule has 0 saturated carbocycles. The monoisotopic (exact) mass is 1020 g/mol. The van der Waals surface area contributed by atoms with Crippen LogP contribution in [0.15, 0.2) is 133 Å². The molecule has 13 rings (SSSR count). The highest BCUT2D eigenvalue weighted by Crippen LogP contribution is 2.49. The standard InChI is InChI=1S/C74H74N4/c1-39(2)62-33-44(10)65(34-43(62)9)76(55-31-49(15)72(42(7)8)50(16)32-55)52-24-26-57-59-20-18-22-61-64-37-68-63(38-69(64)78(74(59)61)67(57)36-52)60-21-17-19-58-56-25-23-51(35-66(56)77(68)73(58)60)75(53-27-45(11)70(40(3)4)46(12)28-53)54-29-47(13)71(41(5)6)48(14)30-54/h17-42H,1-16H3. The second-order valence-corrected chi connectivity index (χ2v) is 24.6. The number of hydrogen-bond acceptors (Lipinski definition) is 2. The number of aryl methyl sites for hydroxylation is 8. The van der Waals surface area contributed by atoms with E-state index in [0.717, 1.165) is 11.4 Å². The lowest BCUT2D eigenvalue weighted by atomic mass is 9.91. The summed E-state index contributed by atoms with van der Waals surface area (Å²) in [4.78, 5) is 5.04. The molecule has 0 atom stereocenters. The van der Waals surface area contributed by atoms with E-state index in [1.54, 1.807) is 0 Å². The number of para-hydroxylation sites is 2. The van der Waals surface area contributed by atoms with Gasteiger partial charge in [0.25, 0.3) is 0 Å². The molecular formula is C74H74N4. The number of aromatic nitrogens is 2. The second-order valence-electron chi connectivity index (χ2n) is 24.6. The Morgan fingerprint density at radius 2 is 0.628 bits per heavy atom. The Morgan fingerprint density at radius 3 is 1.00 bits per heavy atom. The van der Waals surface area contributed by atoms with Gasteiger partial charge in [-0.25, -0.2) is 0 Å². The molecule has 78 heavy (non-hydrogen) atoms. The van der Waals surface area contributed by atoms with Gasteiger partial charge in [-0.05, 0) is 225 Å². The lowest BCUT2D eigenvalue weighted by Gasteiger charge is -2.30. The van der Waals surface area contributed by atoms with Crippen molar-refractivity contribution >= 4 is 110 Å². The van der Waals surface area contributed by atoms with E-state index in [1.165, 1.54) is 166 Å². The molecule has 0 saturated heterocycles. The van der Waals surface area contributed by atoms with Gasteiger partial charge in [0.1, 0.15) is 0 Å². The molecule has 4 aromatic heterocycles. The summed E-state index contributed by atoms with van der Waals surface area (Å²) in [5, 5.41) is 10.2. The van der Waals surface area contributed by atoms with Gasteiger partial charge in [0.2, 0.25) is 0 Å². The first-order valence-electron chi connectivity index (χ1n) is 28.7. The van der Waals surface area contributed by atoms with E-state index >= 15 is 0 Å². The van der Waals surface area contributed by atoms with Crippen LogP contribution in [0.1, 0.15) is 146 Å². The average Bonchev–Trinajstić information content (AvgIpc) is 4.25. The Kier molecular flexibility index (Phi) is 11.4. The van der Waals surface area contributed by atoms with Crippen molar-refractivity contribution in [2.24, 2.45) is 0 Å². The minimum absolute atomic E-state index is 0.446. The van der Waals surface area contributed by atoms with Gasteiger partial charge in [0.15, 0.2) is 0 Å². The van der Waals surface area contributed by atoms with Crippen molar-refractivity contribution in [2.45, 2.75) is 134 Å². The highest BCUT2D eigenvalue weighted by atomic mass is 15.2. The third-order valence-corrected chi connectivity index (χ3v) is 17.9. The summed E-state index contributed by atoms with van der Waals surface area (Å²) in [5.74, 6) is 1.79. The van der Waals surface area contributed by atoms with Crippen molar-refractivity contribution in [3.05, 3.63) is 200 Å². The molecule has 0 N–H and O–H groups in total. The van der Waals surface area contributed by atoms with Crippen molar-refractivity contribution < 1.29 is 0 Å². The highest BCUT2D eigenvalue weighted by Gasteiger charge is 2.27. The third kappa shape index (κ3) is 7.24. The normalized spacial score (nSPS) is 12.6. The summed E-state index contributed by atoms with van der Waals surface area (Å²) >= 11 is 0. The Bertz CT molecular complexity index is 4470. The van der Waals surface area contributed by atoms with E-state index < -0.39 is 0 Å². The number of rotatable bonds is 10. The van der Waals surface area contributed by atoms with Crippen LogP contribution in [0.4, 0.5) is 34.1 Å². The maximum absolute atomic E-state index is 2.58. The zero-order valence-electron chi connectivity index (χ0n) is 48.8. The van der Waals surface area contributed by atoms with Gasteiger partial charge in [-0.15, -0.1) is 0 Å². The molecule has 4 nitrogen and oxygen atoms in total. The van der Waals surface area contributed by atoms with Crippen molar-refractivity contribution in [3.8, 4) is 0 Å². The Hall–Kier alpha value is -7.82. The van der Waals surface area contributed by atoms with E-state index in [2.05, 4.69) is 263 Å². The zero-order chi connectivity index (χ0) is 54.7. The lowest BCUT2D eigenvalue weighted by molar-refractivity contribution is 0.845. The lowest BCUT2D eigenvalue weighted by Crippen LogP contribution is -2.14. The van der Waals surface area contributed by atoms with E-state index in [0.29, 0.717) is 23.7 Å². The fraction of sp³-hybridized carbons (Fsp3) is 0.270. The van der Waals surface area contributed by atoms with Gasteiger partial charge >= 0.3 is 0 Å². The Balaban J connectivity index is 1.05. The number of anilines is 6. The molecule has 0 aliphatic rings. The van der Waals surface area contributed by atoms with E-state index in [4.69, 9.17) is 0 Å². The van der Waals surface area contributed by atoms with Crippen molar-refractivity contribution in [1.29, 1.82) is 0 Å². The van der Waals surface area contributed by atoms with Crippen LogP contribution >= 0.6 is 0 Å². The fourth-order valence-electron chi connectivity index (χ4n) is 15.2. The minimum atomic E-state index is 0.446. The van der Waals surface area contributed by atoms with E-state index in [-0.39, 0.29) is 0 Å². The average molecular weight is 1020 g/mol. The minimum Gasteiger partial charge on any atom is -0.310 e. The molecule has 0 aliphatic heterocycles. The van der Waals surface area contributed by atoms with Gasteiger partial charge in [-0.2, -0.15) is 0 Å². The summed E-state index contributed by atoms with van der Waals surface area (Å²) in [7, 11) is 0. The first kappa shape index (κ1) is 49.7. The van der Waals surface area contributed by atoms with Crippen LogP contribution in [0.2, 0.25) is 0 Å². The maximum Gasteiger partial charge on any atom is 0.0620 e. The molecule has 0 aliphatic carbocycles. The molecule has 0 unspecified atom stereocenters. The van der Waals surface area contributed by atoms with Crippen LogP contribution in [0.5, 0.6) is 0 Å². The summed E-state index contributed by atoms with van der Waals surface area (Å²) in [6.45, 7) is 36.8. The van der Waals surface area contributed by atoms with Gasteiger partial charge in [-0.1, -0.05) is 110 Å². The van der Waals surface area contributed by atoms with Gasteiger partial charge in [-0.3, -0.25) is 0 Å². The van der Waals surface area contributed by atoms with Crippen LogP contribution in [-0.4, -0.2) is 8.80 Å². The summed E-state index contributed by atoms with van der Waals surface area (Å²) < 4.78 is 5.17. The molecule has 0 spiro atoms. The molecule has 0 radical (unpaired) electrons. The predicted octanol–water partition coefficient (Wildman–Crippen LogP) is 21.9. The molecule has 9 aromatic carbocycles. The quantitative estimate of drug-likeness (QED) is 0.136. The van der Waals surface area contributed by atoms with Crippen LogP contribution in [0.25, 0.3) is 76.2 Å². The number of fused-ring (bicyclic) bond motifs is 12. The molecule has 0 amide bonds. The second kappa shape index (κ2) is 17.9. The molecular weight excluding hydrogens is 945 g/mol. The van der Waals surface area contributed by atoms with Gasteiger partial charge < -0.3 is 18.6 Å². The van der Waals surface area contributed by atoms with Crippen LogP contribution in [-0.2, 0) is 0 Å². The summed E-state index contributed by atoms with van der Waals surface area (Å²) in [6.07, 6.45) is 0. The molecule has 13 aromatic rings. The van der Waals surface area contributed by atoms with Crippen molar-refractivity contribution in [1.82, 2.24) is 8.80 Å². The molecule has 4 heteroatoms. The van der Waals surface area contributed by atoms with Crippen LogP contribution < -0.4 is 9.80 Å². The van der Waals surface area contributed by atoms with Gasteiger partial charge in [0, 0.05) is 77.2 Å². The first-order valence-corrected chi connectivity index (χ1v) is 28.7. The SMILES string of the molecule is Cc1cc(N(c2cc(C)c(C(C)C)c(C)c2)c2ccc3c4cccc5c6cc7c(cc6n(c3c2)c45)c2cccc3c4ccc(N(c5cc(C)c(C(C)C)c(C)c5)c5cc(C)c(C(C)C)c(C)c5)cc4n7c32)c(C)cc1C(C)C. The number of nitrogens with zero attached hydrogens (tertiary/aromatic N) is 4. The molecule has 390 valence electrons. The summed E-state index contributed by atoms with van der Waals surface area (Å²) in [6, 6.07) is 52.6. The smallest absolute Gasteiger partial charge is 0.0620 e. The molecule has 0 fully saturated rings. The molecule has 0 bridgehead atoms. The third-order valence-electron chi connectivity index (χ3n) is 17.9. The van der Waals surface area contributed by atoms with Crippen LogP contribution in [0, 0.1) is 55.4 Å². The Morgan fingerprint density at radius 1 is 0.282 bits per heavy atom. The zero-order valence-corrected chi connectivity index (χ0v) is 48.8. The summed E-state index contributed by atoms with van der Waals surface area (Å²) in [5.41, 5.74) is 31.0. The number of benzene rings is 9. The topological polar surface area (TPSA) is 15.3 Å². The predicted molar refractivity (Wildman–Crippen MR) is 339 cm³/mol. The first-order chi connectivity index (χ1) is 37.3. The fourth-order valence-corrected chi connectivity index (χ4v) is 15.2. The maximum atomic E-state index is 2.58. The van der Waals surface area contributed by atoms with Crippen molar-refractivity contribution in [2.75, 3.05) is 9.80 Å². The highest BCUT2D eigenvalue weighted by molar-refractivity contribution is 6.29. The number of hydrogen-bond donors (Lipinski definition) is 0. The largest absolute Gasteiger partial charge is 0.310 e. The van der Waals surface area contributed by atoms with Crippen LogP contribution in [0.3, 0.4) is 0 Å².